The Labute approximate surface area is 192 Å². The molecule has 8 nitrogen and oxygen atoms in total. The molecule has 0 atom stereocenters. The Morgan fingerprint density at radius 1 is 1.16 bits per heavy atom. The molecule has 0 aliphatic rings. The molecule has 0 spiro atoms. The minimum atomic E-state index is -2.64. The number of rotatable bonds is 8. The summed E-state index contributed by atoms with van der Waals surface area (Å²) in [6, 6.07) is 13.0. The Hall–Kier alpha value is -3.78. The van der Waals surface area contributed by atoms with Gasteiger partial charge in [-0.05, 0) is 32.3 Å². The molecule has 4 N–H and O–H groups in total. The molecule has 2 heterocycles. The molecule has 2 aromatic carbocycles. The van der Waals surface area contributed by atoms with Gasteiger partial charge >= 0.3 is 0 Å². The average Bonchev–Trinajstić information content (AvgIpc) is 3.23. The van der Waals surface area contributed by atoms with E-state index in [0.29, 0.717) is 29.3 Å². The van der Waals surface area contributed by atoms with Gasteiger partial charge in [-0.2, -0.15) is 0 Å². The first-order chi connectivity index (χ1) is 16.6. The van der Waals surface area contributed by atoms with E-state index in [-0.39, 0.29) is 11.7 Å². The summed E-state index contributed by atoms with van der Waals surface area (Å²) >= 11 is 0. The van der Waals surface area contributed by atoms with Gasteiger partial charge in [-0.15, -0.1) is 0 Å². The molecule has 0 radical (unpaired) electrons. The van der Waals surface area contributed by atoms with E-state index in [1.165, 1.54) is 0 Å². The van der Waals surface area contributed by atoms with Crippen LogP contribution in [0.5, 0.6) is 5.75 Å². The van der Waals surface area contributed by atoms with Crippen molar-refractivity contribution < 1.29 is 8.85 Å². The lowest BCUT2D eigenvalue weighted by Gasteiger charge is -2.24. The maximum absolute atomic E-state index is 7.62. The van der Waals surface area contributed by atoms with E-state index in [2.05, 4.69) is 25.2 Å². The van der Waals surface area contributed by atoms with E-state index >= 15 is 0 Å². The number of hydrogen-bond donors (Lipinski definition) is 3. The monoisotopic (exact) mass is 434 g/mol. The second-order valence-electron chi connectivity index (χ2n) is 7.87. The number of aromatic nitrogens is 3. The second kappa shape index (κ2) is 9.15. The van der Waals surface area contributed by atoms with Gasteiger partial charge in [0.25, 0.3) is 0 Å². The van der Waals surface area contributed by atoms with Crippen LogP contribution in [0.25, 0.3) is 22.2 Å². The zero-order valence-electron chi connectivity index (χ0n) is 21.4. The summed E-state index contributed by atoms with van der Waals surface area (Å²) in [7, 11) is 3.23. The number of aromatic amines is 1. The molecule has 8 heteroatoms. The standard InChI is InChI=1S/C24H29N7O/c1-30(2)11-12-31(3)22-14-23(32-4)21(13-18(22)25)29-24-26-10-9-20(28-24)17-15-27-19-8-6-5-7-16(17)19/h5-10,13-15,27H,11-12,25H2,1-4H3,(H,26,28,29)/i4D3. The van der Waals surface area contributed by atoms with Crippen LogP contribution in [0, 0.1) is 0 Å². The Morgan fingerprint density at radius 3 is 2.81 bits per heavy atom. The molecule has 0 aliphatic carbocycles. The molecule has 0 saturated heterocycles. The minimum absolute atomic E-state index is 0.131. The van der Waals surface area contributed by atoms with Crippen LogP contribution in [-0.4, -0.2) is 61.1 Å². The molecular formula is C24H29N7O. The molecular weight excluding hydrogens is 402 g/mol. The van der Waals surface area contributed by atoms with E-state index in [0.717, 1.165) is 23.0 Å². The number of nitrogens with one attached hydrogen (secondary N) is 2. The van der Waals surface area contributed by atoms with Crippen molar-refractivity contribution in [1.29, 1.82) is 0 Å². The van der Waals surface area contributed by atoms with E-state index in [4.69, 9.17) is 14.6 Å². The maximum Gasteiger partial charge on any atom is 0.227 e. The van der Waals surface area contributed by atoms with Gasteiger partial charge in [-0.3, -0.25) is 0 Å². The number of nitrogens with two attached hydrogens (primary N) is 1. The number of nitrogen functional groups attached to an aromatic ring is 1. The Bertz CT molecular complexity index is 1320. The lowest BCUT2D eigenvalue weighted by molar-refractivity contribution is 0.413. The number of nitrogens with zero attached hydrogens (tertiary/aromatic N) is 4. The summed E-state index contributed by atoms with van der Waals surface area (Å²) in [5, 5.41) is 4.13. The Balaban J connectivity index is 1.67. The molecule has 4 aromatic rings. The van der Waals surface area contributed by atoms with Crippen molar-refractivity contribution in [2.75, 3.05) is 57.2 Å². The van der Waals surface area contributed by atoms with Gasteiger partial charge in [0.15, 0.2) is 0 Å². The SMILES string of the molecule is [2H]C([2H])([2H])Oc1cc(N(C)CCN(C)C)c(N)cc1Nc1nccc(-c2c[nH]c3ccccc23)n1. The predicted molar refractivity (Wildman–Crippen MR) is 132 cm³/mol. The molecule has 0 unspecified atom stereocenters. The number of ether oxygens (including phenoxy) is 1. The molecule has 2 aromatic heterocycles. The summed E-state index contributed by atoms with van der Waals surface area (Å²) in [6.07, 6.45) is 3.54. The van der Waals surface area contributed by atoms with E-state index in [1.54, 1.807) is 18.3 Å². The lowest BCUT2D eigenvalue weighted by Crippen LogP contribution is -2.29. The van der Waals surface area contributed by atoms with Crippen LogP contribution in [0.15, 0.2) is 54.9 Å². The molecule has 166 valence electrons. The van der Waals surface area contributed by atoms with Crippen molar-refractivity contribution >= 4 is 33.9 Å². The molecule has 0 saturated carbocycles. The van der Waals surface area contributed by atoms with Gasteiger partial charge in [-0.25, -0.2) is 9.97 Å². The average molecular weight is 435 g/mol. The minimum Gasteiger partial charge on any atom is -0.494 e. The number of hydrogen-bond acceptors (Lipinski definition) is 7. The van der Waals surface area contributed by atoms with Crippen LogP contribution in [0.2, 0.25) is 0 Å². The van der Waals surface area contributed by atoms with Crippen molar-refractivity contribution in [3.05, 3.63) is 54.9 Å². The summed E-state index contributed by atoms with van der Waals surface area (Å²) in [5.74, 6) is 0.420. The summed E-state index contributed by atoms with van der Waals surface area (Å²) in [5.41, 5.74) is 10.5. The number of para-hydroxylation sites is 1. The lowest BCUT2D eigenvalue weighted by atomic mass is 10.1. The molecule has 32 heavy (non-hydrogen) atoms. The number of methoxy groups -OCH3 is 1. The normalized spacial score (nSPS) is 12.9. The summed E-state index contributed by atoms with van der Waals surface area (Å²) < 4.78 is 28.2. The highest BCUT2D eigenvalue weighted by atomic mass is 16.5. The van der Waals surface area contributed by atoms with Gasteiger partial charge < -0.3 is 30.6 Å². The first-order valence-corrected chi connectivity index (χ1v) is 10.3. The summed E-state index contributed by atoms with van der Waals surface area (Å²) in [4.78, 5) is 16.2. The van der Waals surface area contributed by atoms with Crippen LogP contribution in [0.4, 0.5) is 23.0 Å². The Morgan fingerprint density at radius 2 is 2.00 bits per heavy atom. The van der Waals surface area contributed by atoms with Crippen molar-refractivity contribution in [3.63, 3.8) is 0 Å². The first kappa shape index (κ1) is 17.9. The molecule has 0 bridgehead atoms. The second-order valence-corrected chi connectivity index (χ2v) is 7.87. The van der Waals surface area contributed by atoms with Crippen molar-refractivity contribution in [2.24, 2.45) is 0 Å². The third-order valence-electron chi connectivity index (χ3n) is 5.30. The maximum atomic E-state index is 7.62. The highest BCUT2D eigenvalue weighted by Gasteiger charge is 2.14. The van der Waals surface area contributed by atoms with E-state index < -0.39 is 7.04 Å². The fraction of sp³-hybridized carbons (Fsp3) is 0.250. The van der Waals surface area contributed by atoms with Crippen molar-refractivity contribution in [1.82, 2.24) is 19.9 Å². The third kappa shape index (κ3) is 4.45. The quantitative estimate of drug-likeness (QED) is 0.361. The van der Waals surface area contributed by atoms with E-state index in [1.807, 2.05) is 62.6 Å². The zero-order chi connectivity index (χ0) is 25.2. The van der Waals surface area contributed by atoms with Crippen LogP contribution in [-0.2, 0) is 0 Å². The number of fused-ring (bicyclic) bond motifs is 1. The first-order valence-electron chi connectivity index (χ1n) is 11.8. The number of anilines is 4. The van der Waals surface area contributed by atoms with Gasteiger partial charge in [-0.1, -0.05) is 18.2 Å². The van der Waals surface area contributed by atoms with Crippen LogP contribution < -0.4 is 20.7 Å². The number of benzene rings is 2. The van der Waals surface area contributed by atoms with Crippen LogP contribution in [0.1, 0.15) is 4.11 Å². The smallest absolute Gasteiger partial charge is 0.227 e. The fourth-order valence-electron chi connectivity index (χ4n) is 3.54. The molecule has 0 fully saturated rings. The van der Waals surface area contributed by atoms with Crippen molar-refractivity contribution in [2.45, 2.75) is 0 Å². The van der Waals surface area contributed by atoms with Crippen LogP contribution >= 0.6 is 0 Å². The zero-order valence-corrected chi connectivity index (χ0v) is 18.4. The number of H-pyrrole nitrogens is 1. The van der Waals surface area contributed by atoms with Crippen molar-refractivity contribution in [3.8, 4) is 17.0 Å². The third-order valence-corrected chi connectivity index (χ3v) is 5.30. The molecule has 4 rings (SSSR count). The summed E-state index contributed by atoms with van der Waals surface area (Å²) in [6.45, 7) is 1.51. The number of likely N-dealkylation sites (N-methyl/N-ethyl adjacent to an activating group) is 2. The fourth-order valence-corrected chi connectivity index (χ4v) is 3.54. The van der Waals surface area contributed by atoms with Gasteiger partial charge in [0, 0.05) is 55.1 Å². The van der Waals surface area contributed by atoms with Gasteiger partial charge in [0.05, 0.1) is 33.9 Å². The molecule has 0 aliphatic heterocycles. The largest absolute Gasteiger partial charge is 0.494 e. The van der Waals surface area contributed by atoms with Gasteiger partial charge in [0.2, 0.25) is 5.95 Å². The van der Waals surface area contributed by atoms with Crippen LogP contribution in [0.3, 0.4) is 0 Å². The van der Waals surface area contributed by atoms with Gasteiger partial charge in [0.1, 0.15) is 5.75 Å². The topological polar surface area (TPSA) is 95.3 Å². The molecule has 0 amide bonds. The highest BCUT2D eigenvalue weighted by molar-refractivity contribution is 5.94. The van der Waals surface area contributed by atoms with E-state index in [9.17, 15) is 0 Å². The highest BCUT2D eigenvalue weighted by Crippen LogP contribution is 2.36. The Kier molecular flexibility index (Phi) is 5.11. The predicted octanol–water partition coefficient (Wildman–Crippen LogP) is 3.96.